The number of thiazole rings is 1. The van der Waals surface area contributed by atoms with Crippen molar-refractivity contribution < 1.29 is 4.92 Å². The van der Waals surface area contributed by atoms with Crippen molar-refractivity contribution in [2.45, 2.75) is 20.0 Å². The lowest BCUT2D eigenvalue weighted by Crippen LogP contribution is -2.42. The number of nitro groups is 1. The van der Waals surface area contributed by atoms with E-state index in [2.05, 4.69) is 41.1 Å². The predicted octanol–water partition coefficient (Wildman–Crippen LogP) is 2.26. The summed E-state index contributed by atoms with van der Waals surface area (Å²) in [5.41, 5.74) is 2.97. The van der Waals surface area contributed by atoms with Gasteiger partial charge in [0.1, 0.15) is 13.3 Å². The maximum atomic E-state index is 12.8. The third-order valence-electron chi connectivity index (χ3n) is 4.69. The number of non-ortho nitro benzene ring substituents is 1. The molecule has 3 aromatic rings. The van der Waals surface area contributed by atoms with Gasteiger partial charge in [0.05, 0.1) is 9.46 Å². The number of hydrogen-bond donors (Lipinski definition) is 0. The molecule has 1 aliphatic heterocycles. The van der Waals surface area contributed by atoms with Crippen molar-refractivity contribution in [1.29, 1.82) is 0 Å². The molecule has 0 amide bonds. The van der Waals surface area contributed by atoms with Crippen LogP contribution >= 0.6 is 11.3 Å². The monoisotopic (exact) mass is 394 g/mol. The van der Waals surface area contributed by atoms with E-state index in [9.17, 15) is 14.9 Å². The van der Waals surface area contributed by atoms with Crippen molar-refractivity contribution in [2.75, 3.05) is 11.6 Å². The van der Waals surface area contributed by atoms with Crippen LogP contribution in [0.5, 0.6) is 0 Å². The molecule has 7 nitrogen and oxygen atoms in total. The van der Waals surface area contributed by atoms with E-state index in [4.69, 9.17) is 0 Å². The van der Waals surface area contributed by atoms with Crippen LogP contribution in [0.15, 0.2) is 58.3 Å². The minimum absolute atomic E-state index is 0.0269. The third-order valence-corrected chi connectivity index (χ3v) is 5.73. The van der Waals surface area contributed by atoms with Gasteiger partial charge in [-0.1, -0.05) is 30.4 Å². The Morgan fingerprint density at radius 1 is 1.18 bits per heavy atom. The smallest absolute Gasteiger partial charge is 0.271 e. The van der Waals surface area contributed by atoms with Gasteiger partial charge in [-0.05, 0) is 47.9 Å². The van der Waals surface area contributed by atoms with Crippen LogP contribution in [0.2, 0.25) is 0 Å². The fourth-order valence-electron chi connectivity index (χ4n) is 3.06. The van der Waals surface area contributed by atoms with E-state index in [0.717, 1.165) is 17.7 Å². The molecule has 28 heavy (non-hydrogen) atoms. The zero-order chi connectivity index (χ0) is 19.7. The number of hydrogen-bond acceptors (Lipinski definition) is 6. The SMILES string of the molecule is CCc1ccc(N2CN=c3sc(=Cc4ccc([N+](=O)[O-])cc4)c(=O)n3C2)cc1. The maximum absolute atomic E-state index is 12.8. The lowest BCUT2D eigenvalue weighted by molar-refractivity contribution is -0.384. The van der Waals surface area contributed by atoms with Gasteiger partial charge >= 0.3 is 0 Å². The molecule has 142 valence electrons. The normalized spacial score (nSPS) is 13.9. The molecule has 8 heteroatoms. The molecular weight excluding hydrogens is 376 g/mol. The van der Waals surface area contributed by atoms with Crippen molar-refractivity contribution in [3.8, 4) is 0 Å². The van der Waals surface area contributed by atoms with Crippen LogP contribution in [0.1, 0.15) is 18.1 Å². The molecule has 1 aliphatic rings. The molecule has 4 rings (SSSR count). The fraction of sp³-hybridized carbons (Fsp3) is 0.200. The summed E-state index contributed by atoms with van der Waals surface area (Å²) in [5, 5.41) is 10.8. The van der Waals surface area contributed by atoms with E-state index in [1.54, 1.807) is 22.8 Å². The van der Waals surface area contributed by atoms with Crippen LogP contribution in [0.4, 0.5) is 11.4 Å². The van der Waals surface area contributed by atoms with Gasteiger partial charge in [0.2, 0.25) is 0 Å². The second kappa shape index (κ2) is 7.40. The van der Waals surface area contributed by atoms with E-state index in [-0.39, 0.29) is 11.2 Å². The molecule has 0 N–H and O–H groups in total. The molecule has 2 heterocycles. The highest BCUT2D eigenvalue weighted by Crippen LogP contribution is 2.17. The molecule has 0 saturated heterocycles. The van der Waals surface area contributed by atoms with Gasteiger partial charge in [-0.3, -0.25) is 19.5 Å². The maximum Gasteiger partial charge on any atom is 0.271 e. The molecule has 2 aromatic carbocycles. The Bertz CT molecular complexity index is 1190. The number of aromatic nitrogens is 1. The third kappa shape index (κ3) is 3.46. The van der Waals surface area contributed by atoms with E-state index in [1.165, 1.54) is 29.0 Å². The first kappa shape index (κ1) is 18.1. The molecule has 0 saturated carbocycles. The summed E-state index contributed by atoms with van der Waals surface area (Å²) < 4.78 is 2.23. The molecule has 0 atom stereocenters. The molecular formula is C20H18N4O3S. The van der Waals surface area contributed by atoms with Crippen LogP contribution in [0.3, 0.4) is 0 Å². The Labute approximate surface area is 164 Å². The highest BCUT2D eigenvalue weighted by atomic mass is 32.1. The lowest BCUT2D eigenvalue weighted by atomic mass is 10.1. The van der Waals surface area contributed by atoms with Crippen LogP contribution in [0, 0.1) is 10.1 Å². The first-order chi connectivity index (χ1) is 13.5. The second-order valence-electron chi connectivity index (χ2n) is 6.48. The Hall–Kier alpha value is -3.26. The van der Waals surface area contributed by atoms with Gasteiger partial charge in [-0.15, -0.1) is 0 Å². The summed E-state index contributed by atoms with van der Waals surface area (Å²) in [6.07, 6.45) is 2.73. The van der Waals surface area contributed by atoms with Crippen molar-refractivity contribution in [2.24, 2.45) is 4.99 Å². The molecule has 0 bridgehead atoms. The number of rotatable bonds is 4. The van der Waals surface area contributed by atoms with Gasteiger partial charge in [0.25, 0.3) is 11.2 Å². The zero-order valence-corrected chi connectivity index (χ0v) is 16.1. The first-order valence-electron chi connectivity index (χ1n) is 8.89. The molecule has 0 aliphatic carbocycles. The number of aryl methyl sites for hydroxylation is 1. The van der Waals surface area contributed by atoms with E-state index in [0.29, 0.717) is 22.7 Å². The summed E-state index contributed by atoms with van der Waals surface area (Å²) in [6, 6.07) is 14.4. The molecule has 0 unspecified atom stereocenters. The number of fused-ring (bicyclic) bond motifs is 1. The summed E-state index contributed by atoms with van der Waals surface area (Å²) in [6.45, 7) is 3.07. The number of nitro benzene ring substituents is 1. The van der Waals surface area contributed by atoms with Crippen LogP contribution in [-0.2, 0) is 13.1 Å². The van der Waals surface area contributed by atoms with Gasteiger partial charge in [-0.2, -0.15) is 0 Å². The number of benzene rings is 2. The molecule has 0 radical (unpaired) electrons. The molecule has 0 fully saturated rings. The fourth-order valence-corrected chi connectivity index (χ4v) is 4.02. The largest absolute Gasteiger partial charge is 0.334 e. The average molecular weight is 394 g/mol. The summed E-state index contributed by atoms with van der Waals surface area (Å²) >= 11 is 1.34. The van der Waals surface area contributed by atoms with Crippen molar-refractivity contribution >= 4 is 28.8 Å². The van der Waals surface area contributed by atoms with E-state index in [1.807, 2.05) is 0 Å². The minimum Gasteiger partial charge on any atom is -0.334 e. The minimum atomic E-state index is -0.441. The highest BCUT2D eigenvalue weighted by Gasteiger charge is 2.16. The lowest BCUT2D eigenvalue weighted by Gasteiger charge is -2.25. The summed E-state index contributed by atoms with van der Waals surface area (Å²) in [4.78, 5) is 30.4. The Morgan fingerprint density at radius 3 is 2.54 bits per heavy atom. The van der Waals surface area contributed by atoms with Gasteiger partial charge in [-0.25, -0.2) is 4.99 Å². The van der Waals surface area contributed by atoms with Crippen LogP contribution < -0.4 is 19.8 Å². The first-order valence-corrected chi connectivity index (χ1v) is 9.71. The van der Waals surface area contributed by atoms with Crippen molar-refractivity contribution in [3.05, 3.63) is 89.5 Å². The summed E-state index contributed by atoms with van der Waals surface area (Å²) in [5.74, 6) is 0. The number of anilines is 1. The topological polar surface area (TPSA) is 80.7 Å². The highest BCUT2D eigenvalue weighted by molar-refractivity contribution is 7.07. The van der Waals surface area contributed by atoms with Crippen molar-refractivity contribution in [3.63, 3.8) is 0 Å². The standard InChI is InChI=1S/C20H18N4O3S/c1-2-14-3-7-16(8-4-14)22-12-21-20-23(13-22)19(25)18(28-20)11-15-5-9-17(10-6-15)24(26)27/h3-11H,2,12-13H2,1H3. The quantitative estimate of drug-likeness (QED) is 0.502. The molecule has 1 aromatic heterocycles. The predicted molar refractivity (Wildman–Crippen MR) is 109 cm³/mol. The average Bonchev–Trinajstić information content (AvgIpc) is 3.03. The van der Waals surface area contributed by atoms with Gasteiger partial charge in [0, 0.05) is 17.8 Å². The zero-order valence-electron chi connectivity index (χ0n) is 15.2. The van der Waals surface area contributed by atoms with E-state index >= 15 is 0 Å². The van der Waals surface area contributed by atoms with Crippen LogP contribution in [0.25, 0.3) is 6.08 Å². The van der Waals surface area contributed by atoms with Crippen molar-refractivity contribution in [1.82, 2.24) is 4.57 Å². The Kier molecular flexibility index (Phi) is 4.79. The molecule has 0 spiro atoms. The van der Waals surface area contributed by atoms with Crippen LogP contribution in [-0.4, -0.2) is 16.2 Å². The second-order valence-corrected chi connectivity index (χ2v) is 7.48. The van der Waals surface area contributed by atoms with Gasteiger partial charge in [0.15, 0.2) is 4.80 Å². The van der Waals surface area contributed by atoms with E-state index < -0.39 is 4.92 Å². The summed E-state index contributed by atoms with van der Waals surface area (Å²) in [7, 11) is 0. The Morgan fingerprint density at radius 2 is 1.89 bits per heavy atom. The number of nitrogens with zero attached hydrogens (tertiary/aromatic N) is 4. The Balaban J connectivity index is 1.64. The van der Waals surface area contributed by atoms with Gasteiger partial charge < -0.3 is 4.90 Å².